The second kappa shape index (κ2) is 10.6. The number of rotatable bonds is 2. The molecule has 8 rings (SSSR count). The molecule has 0 bridgehead atoms. The summed E-state index contributed by atoms with van der Waals surface area (Å²) in [5, 5.41) is 2.77. The van der Waals surface area contributed by atoms with E-state index in [1.54, 1.807) is 0 Å². The molecule has 48 heavy (non-hydrogen) atoms. The van der Waals surface area contributed by atoms with Gasteiger partial charge in [0.1, 0.15) is 22.3 Å². The highest BCUT2D eigenvalue weighted by Crippen LogP contribution is 2.34. The molecule has 0 atom stereocenters. The van der Waals surface area contributed by atoms with Gasteiger partial charge in [-0.05, 0) is 117 Å². The van der Waals surface area contributed by atoms with E-state index in [1.807, 2.05) is 90.1 Å². The lowest BCUT2D eigenvalue weighted by atomic mass is 9.95. The normalized spacial score (nSPS) is 11.8. The fourth-order valence-electron chi connectivity index (χ4n) is 7.29. The van der Waals surface area contributed by atoms with E-state index in [0.29, 0.717) is 61.4 Å². The summed E-state index contributed by atoms with van der Waals surface area (Å²) >= 11 is 0. The lowest BCUT2D eigenvalue weighted by molar-refractivity contribution is 0.555. The third-order valence-corrected chi connectivity index (χ3v) is 9.09. The molecule has 0 aliphatic heterocycles. The summed E-state index contributed by atoms with van der Waals surface area (Å²) in [5.41, 5.74) is 5.37. The van der Waals surface area contributed by atoms with E-state index >= 15 is 0 Å². The third kappa shape index (κ3) is 4.43. The Morgan fingerprint density at radius 2 is 0.667 bits per heavy atom. The molecule has 4 aromatic carbocycles. The number of fused-ring (bicyclic) bond motifs is 10. The predicted molar refractivity (Wildman–Crippen MR) is 190 cm³/mol. The van der Waals surface area contributed by atoms with E-state index in [-0.39, 0.29) is 29.0 Å². The maximum atomic E-state index is 13.5. The van der Waals surface area contributed by atoms with Gasteiger partial charge in [0, 0.05) is 21.5 Å². The van der Waals surface area contributed by atoms with Crippen molar-refractivity contribution in [2.24, 2.45) is 0 Å². The summed E-state index contributed by atoms with van der Waals surface area (Å²) in [6.45, 7) is 11.2. The summed E-state index contributed by atoms with van der Waals surface area (Å²) in [7, 11) is 0. The highest BCUT2D eigenvalue weighted by molar-refractivity contribution is 6.15. The Hall–Kier alpha value is -5.76. The summed E-state index contributed by atoms with van der Waals surface area (Å²) in [5.74, 6) is 0. The molecule has 4 aromatic heterocycles. The largest absolute Gasteiger partial charge is 0.422 e. The Morgan fingerprint density at radius 1 is 0.396 bits per heavy atom. The third-order valence-electron chi connectivity index (χ3n) is 9.09. The van der Waals surface area contributed by atoms with Gasteiger partial charge in [0.05, 0.1) is 21.5 Å². The first kappa shape index (κ1) is 30.9. The van der Waals surface area contributed by atoms with Crippen molar-refractivity contribution in [3.63, 3.8) is 0 Å². The number of benzene rings is 4. The molecule has 8 nitrogen and oxygen atoms in total. The first-order valence-corrected chi connectivity index (χ1v) is 15.3. The molecule has 0 aliphatic carbocycles. The zero-order valence-corrected chi connectivity index (χ0v) is 26.6. The number of hydrogen-bond acceptors (Lipinski definition) is 8. The molecule has 0 saturated heterocycles. The molecule has 4 heterocycles. The summed E-state index contributed by atoms with van der Waals surface area (Å²) in [6.07, 6.45) is 0.406. The minimum absolute atomic E-state index is 0. The van der Waals surface area contributed by atoms with E-state index in [0.717, 1.165) is 33.4 Å². The van der Waals surface area contributed by atoms with Crippen molar-refractivity contribution in [3.05, 3.63) is 135 Å². The van der Waals surface area contributed by atoms with Crippen molar-refractivity contribution < 1.29 is 17.7 Å². The average molecular weight is 641 g/mol. The lowest BCUT2D eigenvalue weighted by Crippen LogP contribution is -2.11. The molecule has 0 amide bonds. The van der Waals surface area contributed by atoms with Gasteiger partial charge in [-0.15, -0.1) is 0 Å². The zero-order valence-electron chi connectivity index (χ0n) is 26.6. The second-order valence-corrected chi connectivity index (χ2v) is 12.7. The van der Waals surface area contributed by atoms with Gasteiger partial charge in [0.25, 0.3) is 0 Å². The quantitative estimate of drug-likeness (QED) is 0.136. The monoisotopic (exact) mass is 640 g/mol. The molecule has 240 valence electrons. The van der Waals surface area contributed by atoms with Crippen LogP contribution in [0.1, 0.15) is 51.9 Å². The molecule has 8 heteroatoms. The van der Waals surface area contributed by atoms with Gasteiger partial charge in [-0.2, -0.15) is 0 Å². The van der Waals surface area contributed by atoms with E-state index in [1.165, 1.54) is 0 Å². The minimum Gasteiger partial charge on any atom is -0.422 e. The van der Waals surface area contributed by atoms with Gasteiger partial charge in [-0.1, -0.05) is 31.7 Å². The van der Waals surface area contributed by atoms with Crippen LogP contribution < -0.4 is 22.5 Å². The molecule has 0 N–H and O–H groups in total. The smallest absolute Gasteiger partial charge is 0.345 e. The second-order valence-electron chi connectivity index (χ2n) is 12.7. The van der Waals surface area contributed by atoms with E-state index < -0.39 is 22.5 Å². The van der Waals surface area contributed by atoms with Crippen LogP contribution in [0.5, 0.6) is 0 Å². The molecule has 0 aliphatic rings. The summed E-state index contributed by atoms with van der Waals surface area (Å²) < 4.78 is 23.2. The summed E-state index contributed by atoms with van der Waals surface area (Å²) in [4.78, 5) is 53.6. The average Bonchev–Trinajstić information content (AvgIpc) is 2.99. The van der Waals surface area contributed by atoms with Crippen LogP contribution in [-0.4, -0.2) is 0 Å². The maximum absolute atomic E-state index is 13.5. The Bertz CT molecular complexity index is 2770. The molecule has 0 fully saturated rings. The Kier molecular flexibility index (Phi) is 6.84. The van der Waals surface area contributed by atoms with Crippen LogP contribution in [0.2, 0.25) is 0 Å². The van der Waals surface area contributed by atoms with Crippen LogP contribution in [-0.2, 0) is 6.42 Å². The van der Waals surface area contributed by atoms with Crippen LogP contribution >= 0.6 is 0 Å². The fraction of sp³-hybridized carbons (Fsp3) is 0.200. The summed E-state index contributed by atoms with van der Waals surface area (Å²) in [6, 6.07) is 15.0. The van der Waals surface area contributed by atoms with Crippen LogP contribution in [0.25, 0.3) is 65.4 Å². The van der Waals surface area contributed by atoms with Crippen LogP contribution in [0.15, 0.2) is 85.4 Å². The van der Waals surface area contributed by atoms with Gasteiger partial charge in [0.2, 0.25) is 0 Å². The minimum atomic E-state index is -0.610. The topological polar surface area (TPSA) is 121 Å². The maximum Gasteiger partial charge on any atom is 0.345 e. The number of hydrogen-bond donors (Lipinski definition) is 0. The SMILES string of the molecule is C.Cc1cc(C)c2oc(=O)c3c4cc(Cc5cc(C)c6oc(=O)c7c8cc(C)cc(C)c8oc(=O)c7c6c5)cc(C)c4oc(=O)c3c2c1. The Labute approximate surface area is 272 Å². The molecule has 0 spiro atoms. The van der Waals surface area contributed by atoms with Crippen molar-refractivity contribution >= 4 is 65.4 Å². The van der Waals surface area contributed by atoms with E-state index in [2.05, 4.69) is 0 Å². The number of aryl methyl sites for hydroxylation is 6. The molecule has 8 aromatic rings. The van der Waals surface area contributed by atoms with Crippen LogP contribution in [0.3, 0.4) is 0 Å². The van der Waals surface area contributed by atoms with Crippen molar-refractivity contribution in [3.8, 4) is 0 Å². The highest BCUT2D eigenvalue weighted by atomic mass is 16.4. The highest BCUT2D eigenvalue weighted by Gasteiger charge is 2.21. The van der Waals surface area contributed by atoms with Crippen molar-refractivity contribution in [2.75, 3.05) is 0 Å². The molecule has 0 unspecified atom stereocenters. The molecular formula is C40H32O8. The predicted octanol–water partition coefficient (Wildman–Crippen LogP) is 8.50. The van der Waals surface area contributed by atoms with Gasteiger partial charge >= 0.3 is 22.5 Å². The first-order chi connectivity index (χ1) is 22.4. The van der Waals surface area contributed by atoms with Gasteiger partial charge in [0.15, 0.2) is 0 Å². The Morgan fingerprint density at radius 3 is 0.979 bits per heavy atom. The Balaban J connectivity index is 0.00000364. The fourth-order valence-corrected chi connectivity index (χ4v) is 7.29. The van der Waals surface area contributed by atoms with Crippen LogP contribution in [0.4, 0.5) is 0 Å². The van der Waals surface area contributed by atoms with Crippen molar-refractivity contribution in [1.29, 1.82) is 0 Å². The van der Waals surface area contributed by atoms with Gasteiger partial charge in [-0.3, -0.25) is 0 Å². The van der Waals surface area contributed by atoms with Crippen LogP contribution in [0, 0.1) is 41.5 Å². The van der Waals surface area contributed by atoms with E-state index in [9.17, 15) is 19.2 Å². The molecule has 0 saturated carbocycles. The van der Waals surface area contributed by atoms with Gasteiger partial charge < -0.3 is 17.7 Å². The lowest BCUT2D eigenvalue weighted by Gasteiger charge is -2.12. The van der Waals surface area contributed by atoms with E-state index in [4.69, 9.17) is 17.7 Å². The van der Waals surface area contributed by atoms with Crippen molar-refractivity contribution in [1.82, 2.24) is 0 Å². The first-order valence-electron chi connectivity index (χ1n) is 15.3. The molecule has 0 radical (unpaired) electrons. The zero-order chi connectivity index (χ0) is 33.0. The molecular weight excluding hydrogens is 608 g/mol. The van der Waals surface area contributed by atoms with Crippen molar-refractivity contribution in [2.45, 2.75) is 55.4 Å². The van der Waals surface area contributed by atoms with Gasteiger partial charge in [-0.25, -0.2) is 19.2 Å². The standard InChI is InChI=1S/C39H28O8.CH4/c1-16-7-18(3)32-24(9-16)28-30(38(42)44-32)26-14-22(11-20(5)34(26)46-36(28)40)13-23-12-21(6)35-27(15-23)31-29(37(41)47-35)25-10-17(2)8-19(4)33(25)45-39(31)43;/h7-12,14-15H,13H2,1-6H3;1H4.